The number of carbonyl (C=O) groups excluding carboxylic acids is 2. The van der Waals surface area contributed by atoms with Gasteiger partial charge >= 0.3 is 5.97 Å². The fourth-order valence-corrected chi connectivity index (χ4v) is 2.71. The maximum atomic E-state index is 12.4. The van der Waals surface area contributed by atoms with Gasteiger partial charge in [-0.05, 0) is 44.2 Å². The molecule has 0 bridgehead atoms. The second-order valence-corrected chi connectivity index (χ2v) is 6.54. The number of nitriles is 1. The van der Waals surface area contributed by atoms with Crippen molar-refractivity contribution in [3.05, 3.63) is 70.6 Å². The topological polar surface area (TPSA) is 105 Å². The number of nitrogens with one attached hydrogen (secondary N) is 1. The number of nitrogens with zero attached hydrogens (tertiary/aromatic N) is 2. The van der Waals surface area contributed by atoms with E-state index in [0.29, 0.717) is 22.9 Å². The third-order valence-electron chi connectivity index (χ3n) is 4.02. The van der Waals surface area contributed by atoms with Gasteiger partial charge in [-0.3, -0.25) is 4.79 Å². The Morgan fingerprint density at radius 3 is 2.62 bits per heavy atom. The minimum Gasteiger partial charge on any atom is -0.448 e. The summed E-state index contributed by atoms with van der Waals surface area (Å²) in [5.41, 5.74) is 1.40. The van der Waals surface area contributed by atoms with Crippen LogP contribution in [0.4, 0.5) is 5.69 Å². The Morgan fingerprint density at radius 1 is 1.24 bits per heavy atom. The minimum atomic E-state index is -1.09. The first-order valence-electron chi connectivity index (χ1n) is 8.63. The van der Waals surface area contributed by atoms with Gasteiger partial charge in [0.25, 0.3) is 5.91 Å². The molecular weight excluding hydrogens is 394 g/mol. The van der Waals surface area contributed by atoms with Gasteiger partial charge in [0, 0.05) is 11.3 Å². The second-order valence-electron chi connectivity index (χ2n) is 6.13. The van der Waals surface area contributed by atoms with Crippen molar-refractivity contribution in [1.82, 2.24) is 4.98 Å². The molecule has 29 heavy (non-hydrogen) atoms. The van der Waals surface area contributed by atoms with Crippen molar-refractivity contribution in [2.45, 2.75) is 20.0 Å². The molecule has 146 valence electrons. The van der Waals surface area contributed by atoms with E-state index in [1.165, 1.54) is 25.1 Å². The minimum absolute atomic E-state index is 0.00456. The van der Waals surface area contributed by atoms with E-state index in [-0.39, 0.29) is 10.7 Å². The molecule has 8 heteroatoms. The Hall–Kier alpha value is -3.63. The van der Waals surface area contributed by atoms with Gasteiger partial charge in [0.1, 0.15) is 11.8 Å². The predicted octanol–water partition coefficient (Wildman–Crippen LogP) is 4.36. The maximum absolute atomic E-state index is 12.4. The summed E-state index contributed by atoms with van der Waals surface area (Å²) in [6.45, 7) is 3.03. The molecule has 2 aromatic carbocycles. The number of halogens is 1. The molecule has 1 amide bonds. The SMILES string of the molecule is Cc1oc(-c2ccccc2)nc1C(=O)OC(C)C(=O)Nc1ccc(C#N)c(Cl)c1. The van der Waals surface area contributed by atoms with E-state index in [4.69, 9.17) is 26.0 Å². The zero-order chi connectivity index (χ0) is 21.0. The van der Waals surface area contributed by atoms with E-state index in [0.717, 1.165) is 5.56 Å². The first-order valence-corrected chi connectivity index (χ1v) is 9.01. The van der Waals surface area contributed by atoms with E-state index in [9.17, 15) is 9.59 Å². The molecule has 0 spiro atoms. The molecule has 7 nitrogen and oxygen atoms in total. The van der Waals surface area contributed by atoms with Crippen LogP contribution in [0.3, 0.4) is 0 Å². The zero-order valence-corrected chi connectivity index (χ0v) is 16.4. The van der Waals surface area contributed by atoms with Crippen LogP contribution in [-0.2, 0) is 9.53 Å². The number of amides is 1. The van der Waals surface area contributed by atoms with E-state index in [1.807, 2.05) is 24.3 Å². The Bertz CT molecular complexity index is 1100. The molecule has 3 rings (SSSR count). The Balaban J connectivity index is 1.67. The van der Waals surface area contributed by atoms with Crippen molar-refractivity contribution in [3.63, 3.8) is 0 Å². The molecule has 3 aromatic rings. The monoisotopic (exact) mass is 409 g/mol. The van der Waals surface area contributed by atoms with Crippen LogP contribution in [0.25, 0.3) is 11.5 Å². The number of aromatic nitrogens is 1. The highest BCUT2D eigenvalue weighted by atomic mass is 35.5. The van der Waals surface area contributed by atoms with Gasteiger partial charge in [-0.2, -0.15) is 5.26 Å². The molecule has 0 saturated heterocycles. The molecule has 0 fully saturated rings. The van der Waals surface area contributed by atoms with Crippen molar-refractivity contribution in [2.24, 2.45) is 0 Å². The molecule has 0 aliphatic heterocycles. The predicted molar refractivity (Wildman–Crippen MR) is 106 cm³/mol. The number of oxazole rings is 1. The van der Waals surface area contributed by atoms with E-state index in [2.05, 4.69) is 10.3 Å². The van der Waals surface area contributed by atoms with Gasteiger partial charge in [0.05, 0.1) is 10.6 Å². The molecule has 1 N–H and O–H groups in total. The van der Waals surface area contributed by atoms with Crippen molar-refractivity contribution in [1.29, 1.82) is 5.26 Å². The Morgan fingerprint density at radius 2 is 1.97 bits per heavy atom. The van der Waals surface area contributed by atoms with Crippen molar-refractivity contribution >= 4 is 29.2 Å². The summed E-state index contributed by atoms with van der Waals surface area (Å²) in [5, 5.41) is 11.7. The number of hydrogen-bond donors (Lipinski definition) is 1. The van der Waals surface area contributed by atoms with Crippen LogP contribution in [0.5, 0.6) is 0 Å². The van der Waals surface area contributed by atoms with Gasteiger partial charge in [-0.25, -0.2) is 9.78 Å². The summed E-state index contributed by atoms with van der Waals surface area (Å²) >= 11 is 5.95. The average molecular weight is 410 g/mol. The number of rotatable bonds is 5. The summed E-state index contributed by atoms with van der Waals surface area (Å²) < 4.78 is 10.8. The van der Waals surface area contributed by atoms with Crippen LogP contribution in [0.1, 0.15) is 28.7 Å². The highest BCUT2D eigenvalue weighted by Crippen LogP contribution is 2.23. The van der Waals surface area contributed by atoms with Crippen LogP contribution in [0, 0.1) is 18.3 Å². The normalized spacial score (nSPS) is 11.4. The molecule has 0 aliphatic carbocycles. The van der Waals surface area contributed by atoms with Gasteiger partial charge in [-0.1, -0.05) is 29.8 Å². The lowest BCUT2D eigenvalue weighted by Crippen LogP contribution is -2.30. The summed E-state index contributed by atoms with van der Waals surface area (Å²) in [6, 6.07) is 15.5. The van der Waals surface area contributed by atoms with Crippen LogP contribution in [0.2, 0.25) is 5.02 Å². The summed E-state index contributed by atoms with van der Waals surface area (Å²) in [4.78, 5) is 28.9. The molecule has 0 aliphatic rings. The first kappa shape index (κ1) is 20.1. The standard InChI is InChI=1S/C21H16ClN3O4/c1-12-18(25-20(28-12)14-6-4-3-5-7-14)21(27)29-13(2)19(26)24-16-9-8-15(11-23)17(22)10-16/h3-10,13H,1-2H3,(H,24,26). The second kappa shape index (κ2) is 8.59. The zero-order valence-electron chi connectivity index (χ0n) is 15.6. The summed E-state index contributed by atoms with van der Waals surface area (Å²) in [7, 11) is 0. The molecule has 1 atom stereocenters. The molecule has 0 saturated carbocycles. The fraction of sp³-hybridized carbons (Fsp3) is 0.143. The lowest BCUT2D eigenvalue weighted by atomic mass is 10.2. The fourth-order valence-electron chi connectivity index (χ4n) is 2.49. The van der Waals surface area contributed by atoms with Crippen LogP contribution in [-0.4, -0.2) is 23.0 Å². The summed E-state index contributed by atoms with van der Waals surface area (Å²) in [6.07, 6.45) is -1.09. The van der Waals surface area contributed by atoms with Crippen molar-refractivity contribution < 1.29 is 18.7 Å². The number of benzene rings is 2. The van der Waals surface area contributed by atoms with Gasteiger partial charge in [0.15, 0.2) is 11.8 Å². The van der Waals surface area contributed by atoms with Gasteiger partial charge in [0.2, 0.25) is 5.89 Å². The highest BCUT2D eigenvalue weighted by molar-refractivity contribution is 6.32. The smallest absolute Gasteiger partial charge is 0.361 e. The quantitative estimate of drug-likeness (QED) is 0.627. The number of anilines is 1. The van der Waals surface area contributed by atoms with Crippen molar-refractivity contribution in [2.75, 3.05) is 5.32 Å². The summed E-state index contributed by atoms with van der Waals surface area (Å²) in [5.74, 6) is -0.739. The number of esters is 1. The molecule has 1 aromatic heterocycles. The van der Waals surface area contributed by atoms with E-state index >= 15 is 0 Å². The van der Waals surface area contributed by atoms with Crippen LogP contribution < -0.4 is 5.32 Å². The average Bonchev–Trinajstić information content (AvgIpc) is 3.10. The number of hydrogen-bond acceptors (Lipinski definition) is 6. The lowest BCUT2D eigenvalue weighted by molar-refractivity contribution is -0.123. The number of aryl methyl sites for hydroxylation is 1. The van der Waals surface area contributed by atoms with Gasteiger partial charge in [-0.15, -0.1) is 0 Å². The first-order chi connectivity index (χ1) is 13.9. The van der Waals surface area contributed by atoms with Crippen molar-refractivity contribution in [3.8, 4) is 17.5 Å². The Kier molecular flexibility index (Phi) is 5.96. The van der Waals surface area contributed by atoms with E-state index in [1.54, 1.807) is 19.1 Å². The Labute approximate surface area is 171 Å². The third-order valence-corrected chi connectivity index (χ3v) is 4.33. The number of ether oxygens (including phenoxy) is 1. The highest BCUT2D eigenvalue weighted by Gasteiger charge is 2.24. The lowest BCUT2D eigenvalue weighted by Gasteiger charge is -2.13. The van der Waals surface area contributed by atoms with Crippen LogP contribution in [0.15, 0.2) is 52.9 Å². The third kappa shape index (κ3) is 4.62. The van der Waals surface area contributed by atoms with Gasteiger partial charge < -0.3 is 14.5 Å². The molecule has 0 radical (unpaired) electrons. The maximum Gasteiger partial charge on any atom is 0.361 e. The largest absolute Gasteiger partial charge is 0.448 e. The molecule has 1 unspecified atom stereocenters. The molecule has 1 heterocycles. The van der Waals surface area contributed by atoms with E-state index < -0.39 is 18.0 Å². The van der Waals surface area contributed by atoms with Crippen LogP contribution >= 0.6 is 11.6 Å². The number of carbonyl (C=O) groups is 2. The molecular formula is C21H16ClN3O4.